The van der Waals surface area contributed by atoms with Gasteiger partial charge in [-0.2, -0.15) is 0 Å². The minimum Gasteiger partial charge on any atom is -0.391 e. The van der Waals surface area contributed by atoms with Gasteiger partial charge in [0.15, 0.2) is 0 Å². The van der Waals surface area contributed by atoms with Crippen molar-refractivity contribution >= 4 is 0 Å². The Morgan fingerprint density at radius 1 is 1.46 bits per heavy atom. The van der Waals surface area contributed by atoms with Crippen molar-refractivity contribution in [3.8, 4) is 0 Å². The second-order valence-electron chi connectivity index (χ2n) is 3.80. The largest absolute Gasteiger partial charge is 0.391 e. The first-order chi connectivity index (χ1) is 6.29. The maximum Gasteiger partial charge on any atom is 0.105 e. The van der Waals surface area contributed by atoms with Gasteiger partial charge >= 0.3 is 0 Å². The average molecular weight is 180 g/mol. The molecule has 1 aromatic rings. The topological polar surface area (TPSA) is 38.0 Å². The highest BCUT2D eigenvalue weighted by molar-refractivity contribution is 4.95. The summed E-state index contributed by atoms with van der Waals surface area (Å²) in [5.74, 6) is 1.01. The summed E-state index contributed by atoms with van der Waals surface area (Å²) in [7, 11) is 0. The van der Waals surface area contributed by atoms with Gasteiger partial charge in [-0.25, -0.2) is 4.98 Å². The lowest BCUT2D eigenvalue weighted by molar-refractivity contribution is 0.0744. The van der Waals surface area contributed by atoms with Crippen molar-refractivity contribution in [3.05, 3.63) is 18.2 Å². The molecule has 0 aliphatic heterocycles. The molecule has 0 saturated heterocycles. The summed E-state index contributed by atoms with van der Waals surface area (Å²) < 4.78 is 2.10. The van der Waals surface area contributed by atoms with Crippen molar-refractivity contribution in [1.29, 1.82) is 0 Å². The molecule has 1 fully saturated rings. The Labute approximate surface area is 78.4 Å². The smallest absolute Gasteiger partial charge is 0.105 e. The number of aliphatic hydroxyl groups excluding tert-OH is 1. The third kappa shape index (κ3) is 1.61. The van der Waals surface area contributed by atoms with Crippen molar-refractivity contribution in [3.63, 3.8) is 0 Å². The van der Waals surface area contributed by atoms with Crippen LogP contribution in [-0.4, -0.2) is 20.8 Å². The molecule has 3 nitrogen and oxygen atoms in total. The molecule has 1 aromatic heterocycles. The minimum atomic E-state index is -0.179. The van der Waals surface area contributed by atoms with Gasteiger partial charge in [0.25, 0.3) is 0 Å². The quantitative estimate of drug-likeness (QED) is 0.713. The van der Waals surface area contributed by atoms with E-state index in [1.807, 2.05) is 13.1 Å². The first kappa shape index (κ1) is 8.75. The monoisotopic (exact) mass is 180 g/mol. The molecule has 1 N–H and O–H groups in total. The van der Waals surface area contributed by atoms with Crippen molar-refractivity contribution in [2.75, 3.05) is 0 Å². The van der Waals surface area contributed by atoms with Gasteiger partial charge in [0.05, 0.1) is 12.1 Å². The van der Waals surface area contributed by atoms with E-state index >= 15 is 0 Å². The fraction of sp³-hybridized carbons (Fsp3) is 0.700. The molecule has 13 heavy (non-hydrogen) atoms. The molecule has 0 spiro atoms. The summed E-state index contributed by atoms with van der Waals surface area (Å²) in [6.45, 7) is 1.99. The molecule has 0 unspecified atom stereocenters. The Bertz CT molecular complexity index is 282. The zero-order valence-electron chi connectivity index (χ0n) is 7.98. The van der Waals surface area contributed by atoms with Crippen LogP contribution in [0.3, 0.4) is 0 Å². The van der Waals surface area contributed by atoms with E-state index in [4.69, 9.17) is 0 Å². The molecular formula is C10H16N2O. The molecule has 0 amide bonds. The standard InChI is InChI=1S/C10H16N2O/c1-8-11-6-7-12(8)9-4-2-3-5-10(9)13/h6-7,9-10,13H,2-5H2,1H3/t9-,10-/m1/s1. The summed E-state index contributed by atoms with van der Waals surface area (Å²) in [5.41, 5.74) is 0. The van der Waals surface area contributed by atoms with Crippen molar-refractivity contribution in [2.45, 2.75) is 44.8 Å². The van der Waals surface area contributed by atoms with Crippen LogP contribution in [0.15, 0.2) is 12.4 Å². The number of imidazole rings is 1. The average Bonchev–Trinajstić information content (AvgIpc) is 2.52. The molecule has 3 heteroatoms. The van der Waals surface area contributed by atoms with E-state index in [0.29, 0.717) is 0 Å². The molecule has 1 saturated carbocycles. The molecule has 0 bridgehead atoms. The summed E-state index contributed by atoms with van der Waals surface area (Å²) in [6.07, 6.45) is 7.98. The fourth-order valence-electron chi connectivity index (χ4n) is 2.15. The highest BCUT2D eigenvalue weighted by Crippen LogP contribution is 2.29. The van der Waals surface area contributed by atoms with E-state index in [2.05, 4.69) is 9.55 Å². The molecule has 2 atom stereocenters. The number of nitrogens with zero attached hydrogens (tertiary/aromatic N) is 2. The molecule has 1 aliphatic carbocycles. The van der Waals surface area contributed by atoms with Gasteiger partial charge in [-0.15, -0.1) is 0 Å². The van der Waals surface area contributed by atoms with Gasteiger partial charge in [0, 0.05) is 12.4 Å². The lowest BCUT2D eigenvalue weighted by Crippen LogP contribution is -2.27. The van der Waals surface area contributed by atoms with E-state index in [1.165, 1.54) is 6.42 Å². The van der Waals surface area contributed by atoms with Crippen LogP contribution >= 0.6 is 0 Å². The van der Waals surface area contributed by atoms with E-state index in [-0.39, 0.29) is 12.1 Å². The van der Waals surface area contributed by atoms with E-state index in [9.17, 15) is 5.11 Å². The number of aryl methyl sites for hydroxylation is 1. The molecule has 0 aromatic carbocycles. The Hall–Kier alpha value is -0.830. The van der Waals surface area contributed by atoms with Crippen molar-refractivity contribution < 1.29 is 5.11 Å². The number of rotatable bonds is 1. The predicted molar refractivity (Wildman–Crippen MR) is 50.5 cm³/mol. The van der Waals surface area contributed by atoms with Gasteiger partial charge in [-0.05, 0) is 19.8 Å². The summed E-state index contributed by atoms with van der Waals surface area (Å²) >= 11 is 0. The molecular weight excluding hydrogens is 164 g/mol. The zero-order valence-corrected chi connectivity index (χ0v) is 7.98. The lowest BCUT2D eigenvalue weighted by atomic mass is 9.92. The summed E-state index contributed by atoms with van der Waals surface area (Å²) in [5, 5.41) is 9.82. The Balaban J connectivity index is 2.19. The van der Waals surface area contributed by atoms with Crippen LogP contribution in [0, 0.1) is 6.92 Å². The van der Waals surface area contributed by atoms with E-state index < -0.39 is 0 Å². The highest BCUT2D eigenvalue weighted by atomic mass is 16.3. The zero-order chi connectivity index (χ0) is 9.26. The predicted octanol–water partition coefficient (Wildman–Crippen LogP) is 1.67. The molecule has 2 rings (SSSR count). The third-order valence-corrected chi connectivity index (χ3v) is 2.91. The van der Waals surface area contributed by atoms with Gasteiger partial charge < -0.3 is 9.67 Å². The van der Waals surface area contributed by atoms with Crippen LogP contribution < -0.4 is 0 Å². The van der Waals surface area contributed by atoms with Crippen LogP contribution in [0.5, 0.6) is 0 Å². The van der Waals surface area contributed by atoms with Crippen LogP contribution in [0.1, 0.15) is 37.5 Å². The van der Waals surface area contributed by atoms with Crippen LogP contribution in [0.2, 0.25) is 0 Å². The normalized spacial score (nSPS) is 29.1. The Morgan fingerprint density at radius 2 is 2.23 bits per heavy atom. The Morgan fingerprint density at radius 3 is 2.85 bits per heavy atom. The second-order valence-corrected chi connectivity index (χ2v) is 3.80. The van der Waals surface area contributed by atoms with Gasteiger partial charge in [-0.1, -0.05) is 12.8 Å². The maximum absolute atomic E-state index is 9.82. The second kappa shape index (κ2) is 3.50. The van der Waals surface area contributed by atoms with Gasteiger partial charge in [0.2, 0.25) is 0 Å². The number of aromatic nitrogens is 2. The van der Waals surface area contributed by atoms with E-state index in [0.717, 1.165) is 25.1 Å². The van der Waals surface area contributed by atoms with E-state index in [1.54, 1.807) is 6.20 Å². The van der Waals surface area contributed by atoms with Crippen molar-refractivity contribution in [2.24, 2.45) is 0 Å². The van der Waals surface area contributed by atoms with Gasteiger partial charge in [-0.3, -0.25) is 0 Å². The molecule has 72 valence electrons. The van der Waals surface area contributed by atoms with Gasteiger partial charge in [0.1, 0.15) is 5.82 Å². The fourth-order valence-corrected chi connectivity index (χ4v) is 2.15. The third-order valence-electron chi connectivity index (χ3n) is 2.91. The number of hydrogen-bond acceptors (Lipinski definition) is 2. The number of hydrogen-bond donors (Lipinski definition) is 1. The molecule has 0 radical (unpaired) electrons. The summed E-state index contributed by atoms with van der Waals surface area (Å²) in [4.78, 5) is 4.18. The SMILES string of the molecule is Cc1nccn1[C@@H]1CCCC[C@H]1O. The Kier molecular flexibility index (Phi) is 2.36. The number of aliphatic hydroxyl groups is 1. The van der Waals surface area contributed by atoms with Crippen LogP contribution in [0.25, 0.3) is 0 Å². The maximum atomic E-state index is 9.82. The van der Waals surface area contributed by atoms with Crippen molar-refractivity contribution in [1.82, 2.24) is 9.55 Å². The molecule has 1 aliphatic rings. The highest BCUT2D eigenvalue weighted by Gasteiger charge is 2.24. The summed E-state index contributed by atoms with van der Waals surface area (Å²) in [6, 6.07) is 0.260. The lowest BCUT2D eigenvalue weighted by Gasteiger charge is -2.29. The first-order valence-corrected chi connectivity index (χ1v) is 4.96. The minimum absolute atomic E-state index is 0.179. The van der Waals surface area contributed by atoms with Crippen LogP contribution in [0.4, 0.5) is 0 Å². The first-order valence-electron chi connectivity index (χ1n) is 4.96. The molecule has 1 heterocycles. The van der Waals surface area contributed by atoms with Crippen LogP contribution in [-0.2, 0) is 0 Å².